The number of Topliss-reactive ketones (excluding diaryl/α,β-unsaturated/α-hetero) is 1. The minimum absolute atomic E-state index is 0.0478. The van der Waals surface area contributed by atoms with Gasteiger partial charge in [-0.1, -0.05) is 6.07 Å². The fraction of sp³-hybridized carbons (Fsp3) is 0.385. The van der Waals surface area contributed by atoms with Crippen molar-refractivity contribution < 1.29 is 28.9 Å². The van der Waals surface area contributed by atoms with Gasteiger partial charge in [-0.15, -0.1) is 0 Å². The topological polar surface area (TPSA) is 88.5 Å². The molecule has 1 aliphatic heterocycles. The van der Waals surface area contributed by atoms with Crippen LogP contribution in [0.2, 0.25) is 0 Å². The van der Waals surface area contributed by atoms with E-state index in [4.69, 9.17) is 14.2 Å². The van der Waals surface area contributed by atoms with Gasteiger partial charge in [0.15, 0.2) is 11.5 Å². The van der Waals surface area contributed by atoms with Crippen molar-refractivity contribution in [2.24, 2.45) is 0 Å². The third-order valence-corrected chi connectivity index (χ3v) is 5.94. The highest BCUT2D eigenvalue weighted by atomic mass is 16.5. The highest BCUT2D eigenvalue weighted by Crippen LogP contribution is 2.42. The Balaban J connectivity index is 2.16. The van der Waals surface area contributed by atoms with Crippen LogP contribution in [0.3, 0.4) is 0 Å². The van der Waals surface area contributed by atoms with E-state index in [1.54, 1.807) is 43.5 Å². The van der Waals surface area contributed by atoms with Crippen LogP contribution in [0.1, 0.15) is 29.2 Å². The van der Waals surface area contributed by atoms with Crippen LogP contribution in [-0.2, 0) is 9.59 Å². The summed E-state index contributed by atoms with van der Waals surface area (Å²) in [6.07, 6.45) is 0.672. The molecule has 3 rings (SSSR count). The first-order valence-corrected chi connectivity index (χ1v) is 11.0. The number of hydrogen-bond donors (Lipinski definition) is 1. The second kappa shape index (κ2) is 10.6. The molecule has 1 N–H and O–H groups in total. The molecule has 0 unspecified atom stereocenters. The summed E-state index contributed by atoms with van der Waals surface area (Å²) in [6.45, 7) is 2.96. The summed E-state index contributed by atoms with van der Waals surface area (Å²) in [6, 6.07) is 9.62. The lowest BCUT2D eigenvalue weighted by atomic mass is 9.94. The van der Waals surface area contributed by atoms with E-state index >= 15 is 0 Å². The van der Waals surface area contributed by atoms with Gasteiger partial charge in [0, 0.05) is 12.1 Å². The Kier molecular flexibility index (Phi) is 7.83. The molecular weight excluding hydrogens is 436 g/mol. The second-order valence-corrected chi connectivity index (χ2v) is 8.45. The van der Waals surface area contributed by atoms with E-state index < -0.39 is 17.7 Å². The lowest BCUT2D eigenvalue weighted by Gasteiger charge is -2.26. The Labute approximate surface area is 200 Å². The van der Waals surface area contributed by atoms with E-state index in [1.165, 1.54) is 19.1 Å². The van der Waals surface area contributed by atoms with Crippen molar-refractivity contribution in [2.75, 3.05) is 48.5 Å². The molecule has 1 fully saturated rings. The zero-order valence-electron chi connectivity index (χ0n) is 20.5. The molecule has 8 nitrogen and oxygen atoms in total. The molecule has 1 aliphatic rings. The summed E-state index contributed by atoms with van der Waals surface area (Å²) < 4.78 is 16.1. The molecule has 1 saturated heterocycles. The molecule has 1 atom stereocenters. The van der Waals surface area contributed by atoms with Crippen LogP contribution < -0.4 is 14.2 Å². The lowest BCUT2D eigenvalue weighted by molar-refractivity contribution is -0.139. The zero-order chi connectivity index (χ0) is 25.0. The van der Waals surface area contributed by atoms with Gasteiger partial charge in [-0.3, -0.25) is 9.59 Å². The quantitative estimate of drug-likeness (QED) is 0.343. The third-order valence-electron chi connectivity index (χ3n) is 5.94. The van der Waals surface area contributed by atoms with Crippen molar-refractivity contribution in [1.29, 1.82) is 0 Å². The molecule has 0 spiro atoms. The molecule has 34 heavy (non-hydrogen) atoms. The van der Waals surface area contributed by atoms with Crippen molar-refractivity contribution in [1.82, 2.24) is 9.80 Å². The maximum absolute atomic E-state index is 13.2. The van der Waals surface area contributed by atoms with E-state index in [2.05, 4.69) is 0 Å². The number of aryl methyl sites for hydroxylation is 1. The monoisotopic (exact) mass is 468 g/mol. The van der Waals surface area contributed by atoms with Gasteiger partial charge in [0.05, 0.1) is 32.9 Å². The van der Waals surface area contributed by atoms with Crippen LogP contribution in [0.5, 0.6) is 17.2 Å². The first kappa shape index (κ1) is 25.1. The molecule has 0 bridgehead atoms. The first-order valence-electron chi connectivity index (χ1n) is 11.0. The summed E-state index contributed by atoms with van der Waals surface area (Å²) in [5, 5.41) is 11.3. The summed E-state index contributed by atoms with van der Waals surface area (Å²) in [7, 11) is 8.53. The Morgan fingerprint density at radius 1 is 0.971 bits per heavy atom. The van der Waals surface area contributed by atoms with Gasteiger partial charge in [-0.2, -0.15) is 0 Å². The molecule has 2 aromatic carbocycles. The Morgan fingerprint density at radius 3 is 2.21 bits per heavy atom. The highest BCUT2D eigenvalue weighted by molar-refractivity contribution is 6.46. The zero-order valence-corrected chi connectivity index (χ0v) is 20.5. The number of carbonyl (C=O) groups excluding carboxylic acids is 2. The third kappa shape index (κ3) is 4.87. The second-order valence-electron chi connectivity index (χ2n) is 8.45. The number of hydrogen-bond acceptors (Lipinski definition) is 7. The number of ether oxygens (including phenoxy) is 3. The van der Waals surface area contributed by atoms with Crippen molar-refractivity contribution in [2.45, 2.75) is 19.4 Å². The molecule has 0 aliphatic carbocycles. The molecule has 1 heterocycles. The maximum Gasteiger partial charge on any atom is 0.295 e. The normalized spacial score (nSPS) is 17.4. The highest BCUT2D eigenvalue weighted by Gasteiger charge is 2.46. The van der Waals surface area contributed by atoms with Gasteiger partial charge in [-0.25, -0.2) is 0 Å². The summed E-state index contributed by atoms with van der Waals surface area (Å²) in [5.74, 6) is 0.0952. The number of aliphatic hydroxyl groups is 1. The summed E-state index contributed by atoms with van der Waals surface area (Å²) in [5.41, 5.74) is 1.93. The van der Waals surface area contributed by atoms with Gasteiger partial charge < -0.3 is 29.1 Å². The van der Waals surface area contributed by atoms with E-state index in [0.717, 1.165) is 12.1 Å². The predicted octanol–water partition coefficient (Wildman–Crippen LogP) is 3.39. The number of carbonyl (C=O) groups is 2. The van der Waals surface area contributed by atoms with E-state index in [9.17, 15) is 14.7 Å². The number of benzene rings is 2. The van der Waals surface area contributed by atoms with Crippen LogP contribution in [0.15, 0.2) is 42.0 Å². The van der Waals surface area contributed by atoms with Crippen molar-refractivity contribution in [3.8, 4) is 17.2 Å². The van der Waals surface area contributed by atoms with Gasteiger partial charge in [0.25, 0.3) is 11.7 Å². The summed E-state index contributed by atoms with van der Waals surface area (Å²) >= 11 is 0. The van der Waals surface area contributed by atoms with E-state index in [-0.39, 0.29) is 11.3 Å². The van der Waals surface area contributed by atoms with Gasteiger partial charge in [0.1, 0.15) is 11.5 Å². The van der Waals surface area contributed by atoms with Crippen LogP contribution in [0.4, 0.5) is 0 Å². The molecule has 0 radical (unpaired) electrons. The first-order chi connectivity index (χ1) is 16.2. The number of aliphatic hydroxyl groups excluding tert-OH is 1. The van der Waals surface area contributed by atoms with Crippen molar-refractivity contribution in [3.05, 3.63) is 58.7 Å². The predicted molar refractivity (Wildman–Crippen MR) is 129 cm³/mol. The maximum atomic E-state index is 13.2. The average Bonchev–Trinajstić information content (AvgIpc) is 3.07. The summed E-state index contributed by atoms with van der Waals surface area (Å²) in [4.78, 5) is 29.8. The molecule has 2 aromatic rings. The minimum Gasteiger partial charge on any atom is -0.507 e. The average molecular weight is 469 g/mol. The lowest BCUT2D eigenvalue weighted by Crippen LogP contribution is -2.32. The van der Waals surface area contributed by atoms with Crippen LogP contribution in [-0.4, -0.2) is 75.1 Å². The molecule has 182 valence electrons. The Morgan fingerprint density at radius 2 is 1.62 bits per heavy atom. The molecule has 0 aromatic heterocycles. The number of rotatable bonds is 9. The number of methoxy groups -OCH3 is 3. The molecular formula is C26H32N2O6. The largest absolute Gasteiger partial charge is 0.507 e. The van der Waals surface area contributed by atoms with Crippen molar-refractivity contribution >= 4 is 17.4 Å². The van der Waals surface area contributed by atoms with Gasteiger partial charge >= 0.3 is 0 Å². The van der Waals surface area contributed by atoms with Crippen LogP contribution in [0, 0.1) is 6.92 Å². The Hall–Kier alpha value is -3.52. The smallest absolute Gasteiger partial charge is 0.295 e. The minimum atomic E-state index is -0.760. The van der Waals surface area contributed by atoms with Gasteiger partial charge in [-0.05, 0) is 75.4 Å². The number of amides is 1. The number of likely N-dealkylation sites (tertiary alicyclic amines) is 1. The van der Waals surface area contributed by atoms with E-state index in [0.29, 0.717) is 41.3 Å². The molecule has 0 saturated carbocycles. The fourth-order valence-electron chi connectivity index (χ4n) is 4.22. The SMILES string of the molecule is COc1ccc(/C(O)=C2\C(=O)C(=O)N(CCCN(C)C)[C@@H]2c2ccc(OC)c(OC)c2)cc1C. The van der Waals surface area contributed by atoms with Crippen LogP contribution in [0.25, 0.3) is 5.76 Å². The Bertz CT molecular complexity index is 1110. The van der Waals surface area contributed by atoms with Crippen LogP contribution >= 0.6 is 0 Å². The number of ketones is 1. The fourth-order valence-corrected chi connectivity index (χ4v) is 4.22. The standard InChI is InChI=1S/C26H32N2O6/c1-16-14-18(9-10-19(16)32-4)24(29)22-23(17-8-11-20(33-5)21(15-17)34-6)28(26(31)25(22)30)13-7-12-27(2)3/h8-11,14-15,23,29H,7,12-13H2,1-6H3/b24-22+/t23-/m1/s1. The van der Waals surface area contributed by atoms with Crippen molar-refractivity contribution in [3.63, 3.8) is 0 Å². The number of nitrogens with zero attached hydrogens (tertiary/aromatic N) is 2. The van der Waals surface area contributed by atoms with E-state index in [1.807, 2.05) is 25.9 Å². The molecule has 1 amide bonds. The molecule has 8 heteroatoms. The van der Waals surface area contributed by atoms with Gasteiger partial charge in [0.2, 0.25) is 0 Å².